The Labute approximate surface area is 122 Å². The van der Waals surface area contributed by atoms with Crippen molar-refractivity contribution < 1.29 is 0 Å². The molecular formula is C18H24N2. The Bertz CT molecular complexity index is 524. The molecular weight excluding hydrogens is 244 g/mol. The van der Waals surface area contributed by atoms with Crippen LogP contribution >= 0.6 is 0 Å². The zero-order chi connectivity index (χ0) is 14.6. The van der Waals surface area contributed by atoms with Crippen LogP contribution in [0, 0.1) is 0 Å². The summed E-state index contributed by atoms with van der Waals surface area (Å²) in [4.78, 5) is 4.50. The molecule has 0 saturated carbocycles. The fraction of sp³-hybridized carbons (Fsp3) is 0.389. The second-order valence-electron chi connectivity index (χ2n) is 6.37. The topological polar surface area (TPSA) is 24.9 Å². The number of benzene rings is 1. The number of nitrogens with zero attached hydrogens (tertiary/aromatic N) is 1. The van der Waals surface area contributed by atoms with Crippen molar-refractivity contribution in [2.24, 2.45) is 0 Å². The van der Waals surface area contributed by atoms with Crippen LogP contribution < -0.4 is 5.32 Å². The highest BCUT2D eigenvalue weighted by Crippen LogP contribution is 2.22. The first-order valence-electron chi connectivity index (χ1n) is 7.22. The van der Waals surface area contributed by atoms with Crippen LogP contribution in [0.2, 0.25) is 0 Å². The van der Waals surface area contributed by atoms with E-state index in [-0.39, 0.29) is 5.41 Å². The number of nitrogens with one attached hydrogen (secondary N) is 1. The molecule has 1 N–H and O–H groups in total. The number of hydrogen-bond acceptors (Lipinski definition) is 2. The summed E-state index contributed by atoms with van der Waals surface area (Å²) >= 11 is 0. The fourth-order valence-corrected chi connectivity index (χ4v) is 2.10. The number of anilines is 1. The Kier molecular flexibility index (Phi) is 4.43. The van der Waals surface area contributed by atoms with Gasteiger partial charge < -0.3 is 5.32 Å². The molecule has 0 bridgehead atoms. The Morgan fingerprint density at radius 2 is 1.75 bits per heavy atom. The zero-order valence-corrected chi connectivity index (χ0v) is 12.9. The molecule has 1 aromatic carbocycles. The van der Waals surface area contributed by atoms with Crippen molar-refractivity contribution in [1.82, 2.24) is 4.98 Å². The van der Waals surface area contributed by atoms with E-state index < -0.39 is 0 Å². The van der Waals surface area contributed by atoms with Crippen molar-refractivity contribution in [3.63, 3.8) is 0 Å². The van der Waals surface area contributed by atoms with Crippen LogP contribution in [0.25, 0.3) is 0 Å². The summed E-state index contributed by atoms with van der Waals surface area (Å²) in [6, 6.07) is 14.8. The lowest BCUT2D eigenvalue weighted by atomic mass is 9.88. The third-order valence-corrected chi connectivity index (χ3v) is 3.59. The van der Waals surface area contributed by atoms with Crippen LogP contribution in [-0.2, 0) is 5.41 Å². The van der Waals surface area contributed by atoms with Crippen LogP contribution in [-0.4, -0.2) is 11.5 Å². The first-order valence-corrected chi connectivity index (χ1v) is 7.22. The van der Waals surface area contributed by atoms with E-state index in [0.29, 0.717) is 5.92 Å². The quantitative estimate of drug-likeness (QED) is 0.877. The third-order valence-electron chi connectivity index (χ3n) is 3.59. The molecule has 0 fully saturated rings. The minimum absolute atomic E-state index is 0.156. The van der Waals surface area contributed by atoms with Crippen molar-refractivity contribution in [3.05, 3.63) is 59.8 Å². The molecule has 106 valence electrons. The SMILES string of the molecule is CC(CNc1ccc(C(C)(C)C)cn1)c1ccccc1. The van der Waals surface area contributed by atoms with Gasteiger partial charge in [0, 0.05) is 12.7 Å². The van der Waals surface area contributed by atoms with Crippen molar-refractivity contribution in [3.8, 4) is 0 Å². The standard InChI is InChI=1S/C18H24N2/c1-14(15-8-6-5-7-9-15)12-19-17-11-10-16(13-20-17)18(2,3)4/h5-11,13-14H,12H2,1-4H3,(H,19,20). The summed E-state index contributed by atoms with van der Waals surface area (Å²) in [5.74, 6) is 1.42. The Morgan fingerprint density at radius 3 is 2.30 bits per heavy atom. The van der Waals surface area contributed by atoms with Gasteiger partial charge in [0.1, 0.15) is 5.82 Å². The molecule has 0 radical (unpaired) electrons. The predicted molar refractivity (Wildman–Crippen MR) is 86.3 cm³/mol. The molecule has 0 amide bonds. The maximum atomic E-state index is 4.50. The highest BCUT2D eigenvalue weighted by Gasteiger charge is 2.13. The van der Waals surface area contributed by atoms with Gasteiger partial charge in [-0.15, -0.1) is 0 Å². The van der Waals surface area contributed by atoms with Crippen molar-refractivity contribution >= 4 is 5.82 Å². The maximum Gasteiger partial charge on any atom is 0.125 e. The largest absolute Gasteiger partial charge is 0.369 e. The molecule has 2 nitrogen and oxygen atoms in total. The first kappa shape index (κ1) is 14.6. The monoisotopic (exact) mass is 268 g/mol. The second-order valence-corrected chi connectivity index (χ2v) is 6.37. The zero-order valence-electron chi connectivity index (χ0n) is 12.9. The van der Waals surface area contributed by atoms with Crippen LogP contribution in [0.1, 0.15) is 44.7 Å². The van der Waals surface area contributed by atoms with E-state index in [0.717, 1.165) is 12.4 Å². The van der Waals surface area contributed by atoms with E-state index in [1.807, 2.05) is 6.20 Å². The summed E-state index contributed by atoms with van der Waals surface area (Å²) in [5, 5.41) is 3.41. The van der Waals surface area contributed by atoms with E-state index in [9.17, 15) is 0 Å². The molecule has 0 aliphatic rings. The van der Waals surface area contributed by atoms with Crippen molar-refractivity contribution in [2.75, 3.05) is 11.9 Å². The lowest BCUT2D eigenvalue weighted by molar-refractivity contribution is 0.587. The van der Waals surface area contributed by atoms with E-state index in [1.54, 1.807) is 0 Å². The van der Waals surface area contributed by atoms with Crippen LogP contribution in [0.4, 0.5) is 5.82 Å². The smallest absolute Gasteiger partial charge is 0.125 e. The van der Waals surface area contributed by atoms with Gasteiger partial charge in [-0.05, 0) is 28.5 Å². The molecule has 0 saturated heterocycles. The maximum absolute atomic E-state index is 4.50. The van der Waals surface area contributed by atoms with Crippen LogP contribution in [0.5, 0.6) is 0 Å². The molecule has 0 spiro atoms. The molecule has 1 heterocycles. The highest BCUT2D eigenvalue weighted by molar-refractivity contribution is 5.37. The molecule has 0 aliphatic carbocycles. The predicted octanol–water partition coefficient (Wildman–Crippen LogP) is 4.59. The van der Waals surface area contributed by atoms with Gasteiger partial charge in [0.15, 0.2) is 0 Å². The summed E-state index contributed by atoms with van der Waals surface area (Å²) in [5.41, 5.74) is 2.77. The fourth-order valence-electron chi connectivity index (χ4n) is 2.10. The molecule has 2 heteroatoms. The summed E-state index contributed by atoms with van der Waals surface area (Å²) in [6.07, 6.45) is 1.97. The van der Waals surface area contributed by atoms with Crippen molar-refractivity contribution in [1.29, 1.82) is 0 Å². The molecule has 1 unspecified atom stereocenters. The lowest BCUT2D eigenvalue weighted by Gasteiger charge is -2.19. The highest BCUT2D eigenvalue weighted by atomic mass is 15.0. The molecule has 2 rings (SSSR count). The van der Waals surface area contributed by atoms with E-state index >= 15 is 0 Å². The summed E-state index contributed by atoms with van der Waals surface area (Å²) in [6.45, 7) is 9.73. The Hall–Kier alpha value is -1.83. The number of pyridine rings is 1. The van der Waals surface area contributed by atoms with E-state index in [1.165, 1.54) is 11.1 Å². The minimum atomic E-state index is 0.156. The Morgan fingerprint density at radius 1 is 1.05 bits per heavy atom. The average Bonchev–Trinajstić information content (AvgIpc) is 2.45. The number of hydrogen-bond donors (Lipinski definition) is 1. The Balaban J connectivity index is 1.94. The van der Waals surface area contributed by atoms with Gasteiger partial charge in [-0.3, -0.25) is 0 Å². The number of rotatable bonds is 4. The molecule has 1 atom stereocenters. The summed E-state index contributed by atoms with van der Waals surface area (Å²) in [7, 11) is 0. The second kappa shape index (κ2) is 6.08. The lowest BCUT2D eigenvalue weighted by Crippen LogP contribution is -2.13. The molecule has 20 heavy (non-hydrogen) atoms. The average molecular weight is 268 g/mol. The van der Waals surface area contributed by atoms with Crippen LogP contribution in [0.3, 0.4) is 0 Å². The molecule has 2 aromatic rings. The van der Waals surface area contributed by atoms with Gasteiger partial charge >= 0.3 is 0 Å². The van der Waals surface area contributed by atoms with E-state index in [4.69, 9.17) is 0 Å². The number of aromatic nitrogens is 1. The van der Waals surface area contributed by atoms with Gasteiger partial charge in [-0.2, -0.15) is 0 Å². The molecule has 1 aromatic heterocycles. The first-order chi connectivity index (χ1) is 9.47. The third kappa shape index (κ3) is 3.83. The van der Waals surface area contributed by atoms with Gasteiger partial charge in [-0.25, -0.2) is 4.98 Å². The van der Waals surface area contributed by atoms with Gasteiger partial charge in [0.05, 0.1) is 0 Å². The van der Waals surface area contributed by atoms with E-state index in [2.05, 4.69) is 80.5 Å². The molecule has 0 aliphatic heterocycles. The van der Waals surface area contributed by atoms with Crippen molar-refractivity contribution in [2.45, 2.75) is 39.0 Å². The normalized spacial score (nSPS) is 13.0. The minimum Gasteiger partial charge on any atom is -0.369 e. The summed E-state index contributed by atoms with van der Waals surface area (Å²) < 4.78 is 0. The van der Waals surface area contributed by atoms with Crippen LogP contribution in [0.15, 0.2) is 48.7 Å². The van der Waals surface area contributed by atoms with Gasteiger partial charge in [-0.1, -0.05) is 64.1 Å². The van der Waals surface area contributed by atoms with Gasteiger partial charge in [0.25, 0.3) is 0 Å². The van der Waals surface area contributed by atoms with Gasteiger partial charge in [0.2, 0.25) is 0 Å².